The summed E-state index contributed by atoms with van der Waals surface area (Å²) >= 11 is 3.76. The molecule has 0 saturated carbocycles. The van der Waals surface area contributed by atoms with Gasteiger partial charge in [-0.1, -0.05) is 41.5 Å². The van der Waals surface area contributed by atoms with E-state index in [1.54, 1.807) is 0 Å². The highest BCUT2D eigenvalue weighted by Crippen LogP contribution is 2.19. The average Bonchev–Trinajstić information content (AvgIpc) is 2.33. The van der Waals surface area contributed by atoms with E-state index in [1.165, 1.54) is 0 Å². The van der Waals surface area contributed by atoms with Gasteiger partial charge in [0.25, 0.3) is 0 Å². The third-order valence-corrected chi connectivity index (χ3v) is 4.54. The van der Waals surface area contributed by atoms with E-state index in [4.69, 9.17) is 0 Å². The Kier molecular flexibility index (Phi) is 7.15. The van der Waals surface area contributed by atoms with Gasteiger partial charge >= 0.3 is 0 Å². The van der Waals surface area contributed by atoms with E-state index < -0.39 is 0 Å². The standard InChI is InChI=1S/C14H25N3S2/c1-9(2)14-16-12(7-18-10(3)4)15-13(17-14)8-19-11(5)6/h9-11H,7-8H2,1-6H3. The number of aromatic nitrogens is 3. The summed E-state index contributed by atoms with van der Waals surface area (Å²) in [6, 6.07) is 0. The molecule has 1 rings (SSSR count). The van der Waals surface area contributed by atoms with Crippen molar-refractivity contribution in [2.24, 2.45) is 0 Å². The van der Waals surface area contributed by atoms with Crippen LogP contribution in [0.25, 0.3) is 0 Å². The second-order valence-corrected chi connectivity index (χ2v) is 8.53. The molecule has 0 aliphatic rings. The molecule has 0 bridgehead atoms. The minimum atomic E-state index is 0.355. The molecule has 1 aromatic heterocycles. The van der Waals surface area contributed by atoms with Gasteiger partial charge in [-0.25, -0.2) is 15.0 Å². The molecule has 108 valence electrons. The second-order valence-electron chi connectivity index (χ2n) is 5.40. The third-order valence-electron chi connectivity index (χ3n) is 2.35. The van der Waals surface area contributed by atoms with Gasteiger partial charge in [0.15, 0.2) is 0 Å². The van der Waals surface area contributed by atoms with E-state index in [1.807, 2.05) is 23.5 Å². The summed E-state index contributed by atoms with van der Waals surface area (Å²) < 4.78 is 0. The van der Waals surface area contributed by atoms with E-state index >= 15 is 0 Å². The quantitative estimate of drug-likeness (QED) is 0.751. The Morgan fingerprint density at radius 2 is 1.16 bits per heavy atom. The van der Waals surface area contributed by atoms with Gasteiger partial charge in [0.05, 0.1) is 11.5 Å². The van der Waals surface area contributed by atoms with Gasteiger partial charge in [0.2, 0.25) is 0 Å². The molecule has 0 unspecified atom stereocenters. The Morgan fingerprint density at radius 1 is 0.737 bits per heavy atom. The first-order valence-corrected chi connectivity index (χ1v) is 8.95. The Balaban J connectivity index is 2.84. The van der Waals surface area contributed by atoms with Crippen molar-refractivity contribution in [2.45, 2.75) is 69.5 Å². The predicted octanol–water partition coefficient (Wildman–Crippen LogP) is 4.28. The molecule has 19 heavy (non-hydrogen) atoms. The van der Waals surface area contributed by atoms with Crippen molar-refractivity contribution < 1.29 is 0 Å². The van der Waals surface area contributed by atoms with Crippen LogP contribution in [0.5, 0.6) is 0 Å². The summed E-state index contributed by atoms with van der Waals surface area (Å²) in [5, 5.41) is 1.21. The normalized spacial score (nSPS) is 11.8. The van der Waals surface area contributed by atoms with Crippen molar-refractivity contribution in [3.8, 4) is 0 Å². The molecule has 0 saturated heterocycles. The van der Waals surface area contributed by atoms with Crippen molar-refractivity contribution in [2.75, 3.05) is 0 Å². The van der Waals surface area contributed by atoms with E-state index in [0.717, 1.165) is 29.0 Å². The lowest BCUT2D eigenvalue weighted by Gasteiger charge is -2.11. The second kappa shape index (κ2) is 8.10. The van der Waals surface area contributed by atoms with E-state index in [-0.39, 0.29) is 0 Å². The van der Waals surface area contributed by atoms with Crippen LogP contribution in [0, 0.1) is 0 Å². The summed E-state index contributed by atoms with van der Waals surface area (Å²) in [6.45, 7) is 13.1. The molecule has 3 nitrogen and oxygen atoms in total. The SMILES string of the molecule is CC(C)SCc1nc(CSC(C)C)nc(C(C)C)n1. The molecule has 0 aliphatic heterocycles. The van der Waals surface area contributed by atoms with Gasteiger partial charge < -0.3 is 0 Å². The van der Waals surface area contributed by atoms with Gasteiger partial charge in [-0.05, 0) is 10.5 Å². The van der Waals surface area contributed by atoms with Crippen LogP contribution in [0.2, 0.25) is 0 Å². The zero-order valence-electron chi connectivity index (χ0n) is 12.8. The molecule has 5 heteroatoms. The van der Waals surface area contributed by atoms with Crippen LogP contribution >= 0.6 is 23.5 Å². The molecule has 0 fully saturated rings. The first-order valence-electron chi connectivity index (χ1n) is 6.85. The Bertz CT molecular complexity index is 362. The van der Waals surface area contributed by atoms with Crippen LogP contribution in [0.3, 0.4) is 0 Å². The van der Waals surface area contributed by atoms with Gasteiger partial charge in [-0.15, -0.1) is 0 Å². The minimum Gasteiger partial charge on any atom is -0.217 e. The highest BCUT2D eigenvalue weighted by atomic mass is 32.2. The fourth-order valence-electron chi connectivity index (χ4n) is 1.36. The molecule has 0 radical (unpaired) electrons. The highest BCUT2D eigenvalue weighted by Gasteiger charge is 2.11. The van der Waals surface area contributed by atoms with E-state index in [9.17, 15) is 0 Å². The molecule has 0 aromatic carbocycles. The van der Waals surface area contributed by atoms with Crippen LogP contribution < -0.4 is 0 Å². The van der Waals surface area contributed by atoms with Crippen LogP contribution in [-0.2, 0) is 11.5 Å². The van der Waals surface area contributed by atoms with E-state index in [2.05, 4.69) is 56.5 Å². The topological polar surface area (TPSA) is 38.7 Å². The van der Waals surface area contributed by atoms with Gasteiger partial charge in [-0.2, -0.15) is 23.5 Å². The first-order chi connectivity index (χ1) is 8.88. The third kappa shape index (κ3) is 6.61. The zero-order chi connectivity index (χ0) is 14.4. The number of hydrogen-bond donors (Lipinski definition) is 0. The average molecular weight is 300 g/mol. The number of rotatable bonds is 7. The molecular weight excluding hydrogens is 274 g/mol. The summed E-state index contributed by atoms with van der Waals surface area (Å²) in [4.78, 5) is 13.8. The maximum Gasteiger partial charge on any atom is 0.142 e. The Hall–Kier alpha value is -0.290. The summed E-state index contributed by atoms with van der Waals surface area (Å²) in [6.07, 6.45) is 0. The molecule has 0 spiro atoms. The van der Waals surface area contributed by atoms with Crippen LogP contribution in [0.4, 0.5) is 0 Å². The molecule has 0 N–H and O–H groups in total. The number of nitrogens with zero attached hydrogens (tertiary/aromatic N) is 3. The van der Waals surface area contributed by atoms with Crippen molar-refractivity contribution in [3.63, 3.8) is 0 Å². The molecular formula is C14H25N3S2. The van der Waals surface area contributed by atoms with Gasteiger partial charge in [0, 0.05) is 5.92 Å². The fraction of sp³-hybridized carbons (Fsp3) is 0.786. The Labute approximate surface area is 125 Å². The molecule has 0 aliphatic carbocycles. The van der Waals surface area contributed by atoms with Crippen molar-refractivity contribution >= 4 is 23.5 Å². The number of hydrogen-bond acceptors (Lipinski definition) is 5. The lowest BCUT2D eigenvalue weighted by atomic mass is 10.2. The molecule has 0 amide bonds. The first kappa shape index (κ1) is 16.8. The highest BCUT2D eigenvalue weighted by molar-refractivity contribution is 7.99. The largest absolute Gasteiger partial charge is 0.217 e. The molecule has 1 heterocycles. The maximum atomic E-state index is 4.60. The zero-order valence-corrected chi connectivity index (χ0v) is 14.4. The maximum absolute atomic E-state index is 4.60. The van der Waals surface area contributed by atoms with Gasteiger partial charge in [-0.3, -0.25) is 0 Å². The monoisotopic (exact) mass is 299 g/mol. The Morgan fingerprint density at radius 3 is 1.47 bits per heavy atom. The molecule has 1 aromatic rings. The van der Waals surface area contributed by atoms with Crippen LogP contribution in [-0.4, -0.2) is 25.5 Å². The summed E-state index contributed by atoms with van der Waals surface area (Å²) in [7, 11) is 0. The van der Waals surface area contributed by atoms with Crippen molar-refractivity contribution in [3.05, 3.63) is 17.5 Å². The molecule has 0 atom stereocenters. The summed E-state index contributed by atoms with van der Waals surface area (Å²) in [5.41, 5.74) is 0. The van der Waals surface area contributed by atoms with Crippen LogP contribution in [0.1, 0.15) is 64.9 Å². The predicted molar refractivity (Wildman–Crippen MR) is 86.8 cm³/mol. The van der Waals surface area contributed by atoms with Crippen LogP contribution in [0.15, 0.2) is 0 Å². The van der Waals surface area contributed by atoms with Crippen molar-refractivity contribution in [1.29, 1.82) is 0 Å². The van der Waals surface area contributed by atoms with Gasteiger partial charge in [0.1, 0.15) is 17.5 Å². The fourth-order valence-corrected chi connectivity index (χ4v) is 2.58. The smallest absolute Gasteiger partial charge is 0.142 e. The lowest BCUT2D eigenvalue weighted by Crippen LogP contribution is -2.09. The summed E-state index contributed by atoms with van der Waals surface area (Å²) in [5.74, 6) is 4.88. The van der Waals surface area contributed by atoms with E-state index in [0.29, 0.717) is 16.4 Å². The number of thioether (sulfide) groups is 2. The van der Waals surface area contributed by atoms with Crippen molar-refractivity contribution in [1.82, 2.24) is 15.0 Å². The lowest BCUT2D eigenvalue weighted by molar-refractivity contribution is 0.727. The minimum absolute atomic E-state index is 0.355.